The van der Waals surface area contributed by atoms with Crippen molar-refractivity contribution < 1.29 is 31.1 Å². The van der Waals surface area contributed by atoms with Gasteiger partial charge in [0.15, 0.2) is 29.0 Å². The van der Waals surface area contributed by atoms with E-state index in [2.05, 4.69) is 0 Å². The Balaban J connectivity index is 1.79. The second-order valence-electron chi connectivity index (χ2n) is 5.46. The Hall–Kier alpha value is -2.26. The quantitative estimate of drug-likeness (QED) is 0.773. The summed E-state index contributed by atoms with van der Waals surface area (Å²) >= 11 is 0. The molecule has 1 atom stereocenters. The highest BCUT2D eigenvalue weighted by Gasteiger charge is 2.31. The molecule has 1 unspecified atom stereocenters. The van der Waals surface area contributed by atoms with E-state index in [1.165, 1.54) is 7.05 Å². The van der Waals surface area contributed by atoms with Crippen LogP contribution in [0.3, 0.4) is 0 Å². The van der Waals surface area contributed by atoms with Gasteiger partial charge in [-0.3, -0.25) is 0 Å². The fraction of sp³-hybridized carbons (Fsp3) is 0.250. The molecule has 2 aromatic carbocycles. The van der Waals surface area contributed by atoms with Crippen LogP contribution < -0.4 is 9.47 Å². The molecule has 1 aliphatic rings. The van der Waals surface area contributed by atoms with E-state index >= 15 is 0 Å². The maximum atomic E-state index is 13.8. The van der Waals surface area contributed by atoms with Crippen LogP contribution in [0, 0.1) is 17.5 Å². The maximum absolute atomic E-state index is 13.8. The Morgan fingerprint density at radius 2 is 1.76 bits per heavy atom. The SMILES string of the molecule is CN(CC1COc2ccccc2O1)S(=O)(=O)c1ccc(F)c(F)c1F. The zero-order valence-electron chi connectivity index (χ0n) is 13.1. The van der Waals surface area contributed by atoms with E-state index in [9.17, 15) is 21.6 Å². The van der Waals surface area contributed by atoms with Crippen molar-refractivity contribution in [3.8, 4) is 11.5 Å². The van der Waals surface area contributed by atoms with Crippen LogP contribution in [0.5, 0.6) is 11.5 Å². The topological polar surface area (TPSA) is 55.8 Å². The molecular formula is C16H14F3NO4S. The largest absolute Gasteiger partial charge is 0.486 e. The van der Waals surface area contributed by atoms with Crippen molar-refractivity contribution in [2.45, 2.75) is 11.0 Å². The Bertz CT molecular complexity index is 904. The molecule has 25 heavy (non-hydrogen) atoms. The number of para-hydroxylation sites is 2. The van der Waals surface area contributed by atoms with Crippen molar-refractivity contribution in [2.24, 2.45) is 0 Å². The third-order valence-electron chi connectivity index (χ3n) is 3.72. The first kappa shape index (κ1) is 17.6. The number of sulfonamides is 1. The highest BCUT2D eigenvalue weighted by atomic mass is 32.2. The average molecular weight is 373 g/mol. The number of hydrogen-bond acceptors (Lipinski definition) is 4. The Labute approximate surface area is 142 Å². The van der Waals surface area contributed by atoms with Crippen molar-refractivity contribution in [2.75, 3.05) is 20.2 Å². The summed E-state index contributed by atoms with van der Waals surface area (Å²) in [7, 11) is -3.18. The summed E-state index contributed by atoms with van der Waals surface area (Å²) in [6, 6.07) is 8.14. The molecule has 0 saturated heterocycles. The molecule has 9 heteroatoms. The van der Waals surface area contributed by atoms with Gasteiger partial charge in [-0.2, -0.15) is 4.31 Å². The molecule has 0 fully saturated rings. The summed E-state index contributed by atoms with van der Waals surface area (Å²) in [5, 5.41) is 0. The van der Waals surface area contributed by atoms with Gasteiger partial charge in [0.25, 0.3) is 0 Å². The molecule has 134 valence electrons. The van der Waals surface area contributed by atoms with E-state index < -0.39 is 38.5 Å². The Morgan fingerprint density at radius 1 is 1.08 bits per heavy atom. The van der Waals surface area contributed by atoms with E-state index in [1.807, 2.05) is 0 Å². The van der Waals surface area contributed by atoms with E-state index in [1.54, 1.807) is 24.3 Å². The molecule has 0 aromatic heterocycles. The van der Waals surface area contributed by atoms with Crippen molar-refractivity contribution in [3.05, 3.63) is 53.8 Å². The molecule has 0 aliphatic carbocycles. The van der Waals surface area contributed by atoms with Gasteiger partial charge < -0.3 is 9.47 Å². The van der Waals surface area contributed by atoms with Gasteiger partial charge in [0.05, 0.1) is 6.54 Å². The number of nitrogens with zero attached hydrogens (tertiary/aromatic N) is 1. The monoisotopic (exact) mass is 373 g/mol. The number of ether oxygens (including phenoxy) is 2. The van der Waals surface area contributed by atoms with Crippen LogP contribution in [0.25, 0.3) is 0 Å². The summed E-state index contributed by atoms with van der Waals surface area (Å²) in [5.74, 6) is -4.04. The smallest absolute Gasteiger partial charge is 0.245 e. The van der Waals surface area contributed by atoms with Gasteiger partial charge in [0, 0.05) is 7.05 Å². The van der Waals surface area contributed by atoms with Gasteiger partial charge in [-0.05, 0) is 24.3 Å². The number of rotatable bonds is 4. The molecule has 0 radical (unpaired) electrons. The predicted octanol–water partition coefficient (Wildman–Crippen LogP) is 2.56. The van der Waals surface area contributed by atoms with Gasteiger partial charge in [0.2, 0.25) is 10.0 Å². The summed E-state index contributed by atoms with van der Waals surface area (Å²) in [6.07, 6.45) is -0.636. The fourth-order valence-electron chi connectivity index (χ4n) is 2.41. The zero-order valence-corrected chi connectivity index (χ0v) is 13.9. The minimum atomic E-state index is -4.37. The molecule has 0 saturated carbocycles. The summed E-state index contributed by atoms with van der Waals surface area (Å²) < 4.78 is 77.0. The number of likely N-dealkylation sites (N-methyl/N-ethyl adjacent to an activating group) is 1. The lowest BCUT2D eigenvalue weighted by atomic mass is 10.2. The molecular weight excluding hydrogens is 359 g/mol. The lowest BCUT2D eigenvalue weighted by Crippen LogP contribution is -2.42. The Kier molecular flexibility index (Phi) is 4.61. The van der Waals surface area contributed by atoms with Crippen LogP contribution in [0.1, 0.15) is 0 Å². The third-order valence-corrected chi connectivity index (χ3v) is 5.56. The first-order valence-electron chi connectivity index (χ1n) is 7.29. The minimum absolute atomic E-state index is 0.0944. The highest BCUT2D eigenvalue weighted by Crippen LogP contribution is 2.31. The lowest BCUT2D eigenvalue weighted by Gasteiger charge is -2.29. The molecule has 5 nitrogen and oxygen atoms in total. The molecule has 0 amide bonds. The molecule has 0 N–H and O–H groups in total. The highest BCUT2D eigenvalue weighted by molar-refractivity contribution is 7.89. The second kappa shape index (κ2) is 6.57. The van der Waals surface area contributed by atoms with E-state index in [0.29, 0.717) is 23.6 Å². The average Bonchev–Trinajstić information content (AvgIpc) is 2.59. The Morgan fingerprint density at radius 3 is 2.48 bits per heavy atom. The van der Waals surface area contributed by atoms with Gasteiger partial charge in [0.1, 0.15) is 17.6 Å². The second-order valence-corrected chi connectivity index (χ2v) is 7.47. The van der Waals surface area contributed by atoms with Crippen LogP contribution in [-0.2, 0) is 10.0 Å². The minimum Gasteiger partial charge on any atom is -0.486 e. The standard InChI is InChI=1S/C16H14F3NO4S/c1-20(8-10-9-23-12-4-2-3-5-13(12)24-10)25(21,22)14-7-6-11(17)15(18)16(14)19/h2-7,10H,8-9H2,1H3. The normalized spacial score (nSPS) is 16.9. The fourth-order valence-corrected chi connectivity index (χ4v) is 3.67. The van der Waals surface area contributed by atoms with E-state index in [0.717, 1.165) is 4.31 Å². The van der Waals surface area contributed by atoms with Gasteiger partial charge >= 0.3 is 0 Å². The molecule has 1 heterocycles. The van der Waals surface area contributed by atoms with Crippen LogP contribution >= 0.6 is 0 Å². The summed E-state index contributed by atoms with van der Waals surface area (Å²) in [5.41, 5.74) is 0. The van der Waals surface area contributed by atoms with Crippen molar-refractivity contribution in [3.63, 3.8) is 0 Å². The van der Waals surface area contributed by atoms with E-state index in [4.69, 9.17) is 9.47 Å². The van der Waals surface area contributed by atoms with E-state index in [-0.39, 0.29) is 13.2 Å². The molecule has 0 bridgehead atoms. The zero-order chi connectivity index (χ0) is 18.2. The van der Waals surface area contributed by atoms with Gasteiger partial charge in [-0.1, -0.05) is 12.1 Å². The maximum Gasteiger partial charge on any atom is 0.245 e. The van der Waals surface area contributed by atoms with Crippen molar-refractivity contribution >= 4 is 10.0 Å². The summed E-state index contributed by atoms with van der Waals surface area (Å²) in [4.78, 5) is -0.939. The molecule has 3 rings (SSSR count). The van der Waals surface area contributed by atoms with Crippen LogP contribution in [0.2, 0.25) is 0 Å². The van der Waals surface area contributed by atoms with Crippen molar-refractivity contribution in [1.29, 1.82) is 0 Å². The predicted molar refractivity (Wildman–Crippen MR) is 82.5 cm³/mol. The van der Waals surface area contributed by atoms with Crippen LogP contribution in [0.4, 0.5) is 13.2 Å². The number of hydrogen-bond donors (Lipinski definition) is 0. The number of fused-ring (bicyclic) bond motifs is 1. The number of halogens is 3. The van der Waals surface area contributed by atoms with Crippen LogP contribution in [-0.4, -0.2) is 39.0 Å². The molecule has 1 aliphatic heterocycles. The molecule has 2 aromatic rings. The van der Waals surface area contributed by atoms with Gasteiger partial charge in [-0.15, -0.1) is 0 Å². The summed E-state index contributed by atoms with van der Waals surface area (Å²) in [6.45, 7) is -0.0633. The number of benzene rings is 2. The first-order chi connectivity index (χ1) is 11.8. The van der Waals surface area contributed by atoms with Crippen molar-refractivity contribution in [1.82, 2.24) is 4.31 Å². The molecule has 0 spiro atoms. The first-order valence-corrected chi connectivity index (χ1v) is 8.73. The van der Waals surface area contributed by atoms with Crippen LogP contribution in [0.15, 0.2) is 41.3 Å². The van der Waals surface area contributed by atoms with Gasteiger partial charge in [-0.25, -0.2) is 21.6 Å². The third kappa shape index (κ3) is 3.29. The lowest BCUT2D eigenvalue weighted by molar-refractivity contribution is 0.0798.